The number of amides is 3. The van der Waals surface area contributed by atoms with Gasteiger partial charge in [-0.1, -0.05) is 18.2 Å². The van der Waals surface area contributed by atoms with Crippen LogP contribution >= 0.6 is 0 Å². The molecule has 0 aliphatic rings. The van der Waals surface area contributed by atoms with Gasteiger partial charge in [-0.15, -0.1) is 0 Å². The van der Waals surface area contributed by atoms with E-state index in [4.69, 9.17) is 10.8 Å². The fraction of sp³-hybridized carbons (Fsp3) is 0.357. The first kappa shape index (κ1) is 16.5. The zero-order valence-electron chi connectivity index (χ0n) is 12.0. The number of hydrogen-bond donors (Lipinski definition) is 3. The Morgan fingerprint density at radius 2 is 1.95 bits per heavy atom. The third-order valence-corrected chi connectivity index (χ3v) is 3.06. The lowest BCUT2D eigenvalue weighted by Crippen LogP contribution is -2.47. The SMILES string of the molecule is Cc1ccccc1N(C)C(=O)N[C@@H](CCC(N)=O)C(=O)O. The number of primary amides is 1. The Bertz CT molecular complexity index is 545. The summed E-state index contributed by atoms with van der Waals surface area (Å²) < 4.78 is 0. The number of benzene rings is 1. The van der Waals surface area contributed by atoms with Crippen LogP contribution < -0.4 is 16.0 Å². The molecular formula is C14H19N3O4. The fourth-order valence-electron chi connectivity index (χ4n) is 1.84. The minimum Gasteiger partial charge on any atom is -0.480 e. The molecule has 1 rings (SSSR count). The van der Waals surface area contributed by atoms with Crippen molar-refractivity contribution in [3.63, 3.8) is 0 Å². The highest BCUT2D eigenvalue weighted by molar-refractivity contribution is 5.94. The molecule has 21 heavy (non-hydrogen) atoms. The van der Waals surface area contributed by atoms with E-state index in [0.29, 0.717) is 5.69 Å². The lowest BCUT2D eigenvalue weighted by Gasteiger charge is -2.22. The summed E-state index contributed by atoms with van der Waals surface area (Å²) in [7, 11) is 1.55. The fourth-order valence-corrected chi connectivity index (χ4v) is 1.84. The van der Waals surface area contributed by atoms with Crippen LogP contribution in [0.15, 0.2) is 24.3 Å². The molecule has 0 bridgehead atoms. The van der Waals surface area contributed by atoms with Gasteiger partial charge in [0.2, 0.25) is 5.91 Å². The Hall–Kier alpha value is -2.57. The van der Waals surface area contributed by atoms with Crippen molar-refractivity contribution in [2.24, 2.45) is 5.73 Å². The van der Waals surface area contributed by atoms with Crippen molar-refractivity contribution in [1.82, 2.24) is 5.32 Å². The maximum atomic E-state index is 12.1. The van der Waals surface area contributed by atoms with Crippen LogP contribution in [0.5, 0.6) is 0 Å². The summed E-state index contributed by atoms with van der Waals surface area (Å²) in [6.07, 6.45) is -0.149. The van der Waals surface area contributed by atoms with Crippen molar-refractivity contribution < 1.29 is 19.5 Å². The molecule has 0 fully saturated rings. The smallest absolute Gasteiger partial charge is 0.326 e. The van der Waals surface area contributed by atoms with E-state index >= 15 is 0 Å². The second kappa shape index (κ2) is 7.28. The number of nitrogens with zero attached hydrogens (tertiary/aromatic N) is 1. The number of rotatable bonds is 6. The quantitative estimate of drug-likeness (QED) is 0.722. The zero-order chi connectivity index (χ0) is 16.0. The molecule has 0 saturated carbocycles. The lowest BCUT2D eigenvalue weighted by molar-refractivity contribution is -0.139. The van der Waals surface area contributed by atoms with Gasteiger partial charge in [-0.05, 0) is 25.0 Å². The number of urea groups is 1. The third-order valence-electron chi connectivity index (χ3n) is 3.06. The van der Waals surface area contributed by atoms with Gasteiger partial charge in [0, 0.05) is 19.2 Å². The van der Waals surface area contributed by atoms with Gasteiger partial charge in [0.25, 0.3) is 0 Å². The molecule has 0 unspecified atom stereocenters. The van der Waals surface area contributed by atoms with Gasteiger partial charge in [0.1, 0.15) is 6.04 Å². The standard InChI is InChI=1S/C14H19N3O4/c1-9-5-3-4-6-11(9)17(2)14(21)16-10(13(19)20)7-8-12(15)18/h3-6,10H,7-8H2,1-2H3,(H2,15,18)(H,16,21)(H,19,20)/t10-/m0/s1. The number of aryl methyl sites for hydroxylation is 1. The predicted molar refractivity (Wildman–Crippen MR) is 78.0 cm³/mol. The average molecular weight is 293 g/mol. The molecule has 0 aromatic heterocycles. The minimum absolute atomic E-state index is 0.0436. The van der Waals surface area contributed by atoms with Crippen LogP contribution in [0.25, 0.3) is 0 Å². The molecule has 0 saturated heterocycles. The Morgan fingerprint density at radius 1 is 1.33 bits per heavy atom. The number of carbonyl (C=O) groups excluding carboxylic acids is 2. The molecule has 7 heteroatoms. The van der Waals surface area contributed by atoms with Crippen LogP contribution in [-0.4, -0.2) is 36.1 Å². The summed E-state index contributed by atoms with van der Waals surface area (Å²) in [5.41, 5.74) is 6.55. The molecular weight excluding hydrogens is 274 g/mol. The molecule has 1 aromatic rings. The minimum atomic E-state index is -1.21. The molecule has 4 N–H and O–H groups in total. The van der Waals surface area contributed by atoms with E-state index < -0.39 is 23.9 Å². The predicted octanol–water partition coefficient (Wildman–Crippen LogP) is 0.860. The van der Waals surface area contributed by atoms with Gasteiger partial charge in [0.15, 0.2) is 0 Å². The molecule has 0 heterocycles. The number of carbonyl (C=O) groups is 3. The molecule has 3 amide bonds. The molecule has 0 radical (unpaired) electrons. The van der Waals surface area contributed by atoms with Gasteiger partial charge >= 0.3 is 12.0 Å². The lowest BCUT2D eigenvalue weighted by atomic mass is 10.1. The second-order valence-electron chi connectivity index (χ2n) is 4.69. The molecule has 7 nitrogen and oxygen atoms in total. The first-order valence-electron chi connectivity index (χ1n) is 6.44. The van der Waals surface area contributed by atoms with Gasteiger partial charge < -0.3 is 16.2 Å². The van der Waals surface area contributed by atoms with Crippen molar-refractivity contribution in [3.8, 4) is 0 Å². The summed E-state index contributed by atoms with van der Waals surface area (Å²) in [5, 5.41) is 11.4. The van der Waals surface area contributed by atoms with Gasteiger partial charge in [-0.25, -0.2) is 9.59 Å². The van der Waals surface area contributed by atoms with Crippen molar-refractivity contribution >= 4 is 23.6 Å². The van der Waals surface area contributed by atoms with Crippen LogP contribution in [-0.2, 0) is 9.59 Å². The van der Waals surface area contributed by atoms with Gasteiger partial charge in [-0.3, -0.25) is 9.69 Å². The molecule has 0 spiro atoms. The summed E-state index contributed by atoms with van der Waals surface area (Å²) in [5.74, 6) is -1.81. The first-order chi connectivity index (χ1) is 9.82. The highest BCUT2D eigenvalue weighted by atomic mass is 16.4. The number of nitrogens with two attached hydrogens (primary N) is 1. The largest absolute Gasteiger partial charge is 0.480 e. The monoisotopic (exact) mass is 293 g/mol. The Morgan fingerprint density at radius 3 is 2.48 bits per heavy atom. The van der Waals surface area contributed by atoms with Crippen LogP contribution in [0.4, 0.5) is 10.5 Å². The van der Waals surface area contributed by atoms with Crippen molar-refractivity contribution in [2.75, 3.05) is 11.9 Å². The number of hydrogen-bond acceptors (Lipinski definition) is 3. The van der Waals surface area contributed by atoms with E-state index in [1.807, 2.05) is 19.1 Å². The number of carboxylic acids is 1. The first-order valence-corrected chi connectivity index (χ1v) is 6.44. The normalized spacial score (nSPS) is 11.5. The van der Waals surface area contributed by atoms with Gasteiger partial charge in [-0.2, -0.15) is 0 Å². The number of para-hydroxylation sites is 1. The number of aliphatic carboxylic acids is 1. The number of anilines is 1. The Labute approximate surface area is 122 Å². The van der Waals surface area contributed by atoms with Gasteiger partial charge in [0.05, 0.1) is 0 Å². The Balaban J connectivity index is 2.75. The summed E-state index contributed by atoms with van der Waals surface area (Å²) in [6, 6.07) is 5.53. The zero-order valence-corrected chi connectivity index (χ0v) is 12.0. The topological polar surface area (TPSA) is 113 Å². The van der Waals surface area contributed by atoms with Crippen molar-refractivity contribution in [1.29, 1.82) is 0 Å². The van der Waals surface area contributed by atoms with E-state index in [1.54, 1.807) is 19.2 Å². The third kappa shape index (κ3) is 4.79. The second-order valence-corrected chi connectivity index (χ2v) is 4.69. The molecule has 114 valence electrons. The summed E-state index contributed by atoms with van der Waals surface area (Å²) >= 11 is 0. The molecule has 0 aliphatic carbocycles. The van der Waals surface area contributed by atoms with E-state index in [2.05, 4.69) is 5.32 Å². The summed E-state index contributed by atoms with van der Waals surface area (Å²) in [4.78, 5) is 35.2. The van der Waals surface area contributed by atoms with Crippen molar-refractivity contribution in [3.05, 3.63) is 29.8 Å². The van der Waals surface area contributed by atoms with Crippen LogP contribution in [0.2, 0.25) is 0 Å². The molecule has 0 aliphatic heterocycles. The molecule has 1 atom stereocenters. The highest BCUT2D eigenvalue weighted by Crippen LogP contribution is 2.17. The number of nitrogens with one attached hydrogen (secondary N) is 1. The van der Waals surface area contributed by atoms with E-state index in [1.165, 1.54) is 4.90 Å². The van der Waals surface area contributed by atoms with Crippen LogP contribution in [0, 0.1) is 6.92 Å². The maximum Gasteiger partial charge on any atom is 0.326 e. The summed E-state index contributed by atoms with van der Waals surface area (Å²) in [6.45, 7) is 1.85. The maximum absolute atomic E-state index is 12.1. The average Bonchev–Trinajstić information content (AvgIpc) is 2.42. The van der Waals surface area contributed by atoms with Crippen molar-refractivity contribution in [2.45, 2.75) is 25.8 Å². The van der Waals surface area contributed by atoms with E-state index in [-0.39, 0.29) is 12.8 Å². The van der Waals surface area contributed by atoms with E-state index in [9.17, 15) is 14.4 Å². The number of carboxylic acid groups (broad SMARTS) is 1. The highest BCUT2D eigenvalue weighted by Gasteiger charge is 2.23. The van der Waals surface area contributed by atoms with E-state index in [0.717, 1.165) is 5.56 Å². The Kier molecular flexibility index (Phi) is 5.71. The molecule has 1 aromatic carbocycles. The van der Waals surface area contributed by atoms with Crippen LogP contribution in [0.3, 0.4) is 0 Å². The van der Waals surface area contributed by atoms with Crippen LogP contribution in [0.1, 0.15) is 18.4 Å².